The van der Waals surface area contributed by atoms with Crippen LogP contribution in [0.5, 0.6) is 0 Å². The summed E-state index contributed by atoms with van der Waals surface area (Å²) in [4.78, 5) is 31.6. The van der Waals surface area contributed by atoms with Gasteiger partial charge in [0, 0.05) is 23.5 Å². The Labute approximate surface area is 181 Å². The Bertz CT molecular complexity index is 1160. The van der Waals surface area contributed by atoms with E-state index in [0.29, 0.717) is 22.6 Å². The van der Waals surface area contributed by atoms with E-state index in [-0.39, 0.29) is 18.6 Å². The second-order valence-corrected chi connectivity index (χ2v) is 7.17. The van der Waals surface area contributed by atoms with Gasteiger partial charge in [-0.15, -0.1) is 5.10 Å². The topological polar surface area (TPSA) is 98.5 Å². The smallest absolute Gasteiger partial charge is 0.453 e. The van der Waals surface area contributed by atoms with Gasteiger partial charge in [0.05, 0.1) is 0 Å². The molecule has 0 aliphatic carbocycles. The summed E-state index contributed by atoms with van der Waals surface area (Å²) in [6.45, 7) is 4.75. The van der Waals surface area contributed by atoms with Crippen molar-refractivity contribution in [3.05, 3.63) is 52.6 Å². The number of ether oxygens (including phenoxy) is 1. The van der Waals surface area contributed by atoms with Crippen molar-refractivity contribution in [2.75, 3.05) is 11.9 Å². The summed E-state index contributed by atoms with van der Waals surface area (Å²) in [7, 11) is 0. The SMILES string of the molecule is CCc1cccc(NC(=O)COC(=O)CCc2c(C)nc3nc(C(F)(F)F)nn3c2C)c1. The first-order valence-electron chi connectivity index (χ1n) is 9.93. The second-order valence-electron chi connectivity index (χ2n) is 7.17. The van der Waals surface area contributed by atoms with Gasteiger partial charge in [-0.3, -0.25) is 9.59 Å². The van der Waals surface area contributed by atoms with Crippen LogP contribution in [0.4, 0.5) is 18.9 Å². The van der Waals surface area contributed by atoms with Crippen LogP contribution in [0.3, 0.4) is 0 Å². The van der Waals surface area contributed by atoms with E-state index >= 15 is 0 Å². The van der Waals surface area contributed by atoms with Crippen LogP contribution in [-0.4, -0.2) is 38.1 Å². The Hall–Kier alpha value is -3.50. The third kappa shape index (κ3) is 5.40. The molecule has 2 aromatic heterocycles. The standard InChI is InChI=1S/C21H22F3N5O3/c1-4-14-6-5-7-15(10-14)26-17(30)11-32-18(31)9-8-16-12(2)25-20-27-19(21(22,23)24)28-29(20)13(16)3/h5-7,10H,4,8-9,11H2,1-3H3,(H,26,30). The molecule has 1 aromatic carbocycles. The minimum atomic E-state index is -4.68. The number of carbonyl (C=O) groups excluding carboxylic acids is 2. The van der Waals surface area contributed by atoms with Gasteiger partial charge in [-0.1, -0.05) is 19.1 Å². The lowest BCUT2D eigenvalue weighted by molar-refractivity contribution is -0.147. The van der Waals surface area contributed by atoms with Crippen LogP contribution in [0.2, 0.25) is 0 Å². The average molecular weight is 449 g/mol. The van der Waals surface area contributed by atoms with Crippen LogP contribution in [-0.2, 0) is 33.3 Å². The Balaban J connectivity index is 1.58. The Morgan fingerprint density at radius 1 is 1.19 bits per heavy atom. The monoisotopic (exact) mass is 449 g/mol. The number of rotatable bonds is 7. The number of fused-ring (bicyclic) bond motifs is 1. The molecule has 3 rings (SSSR count). The molecule has 0 unspecified atom stereocenters. The van der Waals surface area contributed by atoms with Crippen LogP contribution < -0.4 is 5.32 Å². The lowest BCUT2D eigenvalue weighted by atomic mass is 10.1. The molecule has 0 aliphatic heterocycles. The van der Waals surface area contributed by atoms with Gasteiger partial charge in [0.1, 0.15) is 0 Å². The molecule has 0 spiro atoms. The molecular weight excluding hydrogens is 427 g/mol. The van der Waals surface area contributed by atoms with E-state index in [4.69, 9.17) is 4.74 Å². The van der Waals surface area contributed by atoms with Crippen molar-refractivity contribution in [1.82, 2.24) is 19.6 Å². The highest BCUT2D eigenvalue weighted by Gasteiger charge is 2.37. The third-order valence-electron chi connectivity index (χ3n) is 4.86. The average Bonchev–Trinajstić information content (AvgIpc) is 3.17. The van der Waals surface area contributed by atoms with Crippen molar-refractivity contribution in [2.24, 2.45) is 0 Å². The molecular formula is C21H22F3N5O3. The molecule has 2 heterocycles. The Morgan fingerprint density at radius 3 is 2.62 bits per heavy atom. The van der Waals surface area contributed by atoms with E-state index in [2.05, 4.69) is 20.4 Å². The van der Waals surface area contributed by atoms with E-state index in [0.717, 1.165) is 16.5 Å². The van der Waals surface area contributed by atoms with Gasteiger partial charge in [0.15, 0.2) is 6.61 Å². The molecule has 0 atom stereocenters. The van der Waals surface area contributed by atoms with Crippen molar-refractivity contribution in [1.29, 1.82) is 0 Å². The molecule has 0 saturated heterocycles. The first kappa shape index (κ1) is 23.2. The van der Waals surface area contributed by atoms with Gasteiger partial charge in [0.25, 0.3) is 17.5 Å². The summed E-state index contributed by atoms with van der Waals surface area (Å²) in [6, 6.07) is 7.34. The summed E-state index contributed by atoms with van der Waals surface area (Å²) >= 11 is 0. The number of halogens is 3. The number of nitrogens with zero attached hydrogens (tertiary/aromatic N) is 4. The maximum absolute atomic E-state index is 12.9. The summed E-state index contributed by atoms with van der Waals surface area (Å²) in [5.41, 5.74) is 3.08. The van der Waals surface area contributed by atoms with Crippen molar-refractivity contribution >= 4 is 23.3 Å². The van der Waals surface area contributed by atoms with Crippen molar-refractivity contribution in [3.8, 4) is 0 Å². The Morgan fingerprint density at radius 2 is 1.94 bits per heavy atom. The van der Waals surface area contributed by atoms with Crippen LogP contribution in [0.1, 0.15) is 41.7 Å². The fourth-order valence-electron chi connectivity index (χ4n) is 3.20. The molecule has 32 heavy (non-hydrogen) atoms. The van der Waals surface area contributed by atoms with Gasteiger partial charge in [-0.05, 0) is 49.9 Å². The lowest BCUT2D eigenvalue weighted by Crippen LogP contribution is -2.21. The molecule has 0 fully saturated rings. The molecule has 3 aromatic rings. The largest absolute Gasteiger partial charge is 0.456 e. The minimum absolute atomic E-state index is 0.0751. The van der Waals surface area contributed by atoms with Crippen molar-refractivity contribution in [2.45, 2.75) is 46.2 Å². The summed E-state index contributed by atoms with van der Waals surface area (Å²) in [5.74, 6) is -2.53. The second kappa shape index (κ2) is 9.33. The van der Waals surface area contributed by atoms with Crippen LogP contribution in [0.25, 0.3) is 5.78 Å². The van der Waals surface area contributed by atoms with Crippen LogP contribution >= 0.6 is 0 Å². The fraction of sp³-hybridized carbons (Fsp3) is 0.381. The number of esters is 1. The van der Waals surface area contributed by atoms with E-state index in [1.807, 2.05) is 25.1 Å². The minimum Gasteiger partial charge on any atom is -0.456 e. The van der Waals surface area contributed by atoms with E-state index < -0.39 is 30.5 Å². The number of nitrogens with one attached hydrogen (secondary N) is 1. The number of aryl methyl sites for hydroxylation is 3. The molecule has 11 heteroatoms. The number of benzene rings is 1. The zero-order valence-electron chi connectivity index (χ0n) is 17.8. The number of aromatic nitrogens is 4. The molecule has 0 radical (unpaired) electrons. The molecule has 0 aliphatic rings. The molecule has 1 N–H and O–H groups in total. The first-order valence-corrected chi connectivity index (χ1v) is 9.93. The number of amides is 1. The van der Waals surface area contributed by atoms with E-state index in [9.17, 15) is 22.8 Å². The number of alkyl halides is 3. The van der Waals surface area contributed by atoms with Gasteiger partial charge in [-0.2, -0.15) is 18.2 Å². The van der Waals surface area contributed by atoms with Gasteiger partial charge >= 0.3 is 12.1 Å². The first-order chi connectivity index (χ1) is 15.1. The zero-order chi connectivity index (χ0) is 23.5. The predicted octanol–water partition coefficient (Wildman–Crippen LogP) is 3.44. The molecule has 1 amide bonds. The van der Waals surface area contributed by atoms with Crippen molar-refractivity contribution < 1.29 is 27.5 Å². The van der Waals surface area contributed by atoms with Crippen molar-refractivity contribution in [3.63, 3.8) is 0 Å². The lowest BCUT2D eigenvalue weighted by Gasteiger charge is -2.10. The van der Waals surface area contributed by atoms with Gasteiger partial charge in [-0.25, -0.2) is 9.50 Å². The van der Waals surface area contributed by atoms with Gasteiger partial charge in [0.2, 0.25) is 0 Å². The highest BCUT2D eigenvalue weighted by atomic mass is 19.4. The Kier molecular flexibility index (Phi) is 6.75. The zero-order valence-corrected chi connectivity index (χ0v) is 17.8. The van der Waals surface area contributed by atoms with E-state index in [1.165, 1.54) is 0 Å². The summed E-state index contributed by atoms with van der Waals surface area (Å²) in [5, 5.41) is 6.14. The number of anilines is 1. The number of carbonyl (C=O) groups is 2. The molecule has 170 valence electrons. The summed E-state index contributed by atoms with van der Waals surface area (Å²) < 4.78 is 44.7. The predicted molar refractivity (Wildman–Crippen MR) is 109 cm³/mol. The fourth-order valence-corrected chi connectivity index (χ4v) is 3.20. The van der Waals surface area contributed by atoms with E-state index in [1.54, 1.807) is 19.9 Å². The third-order valence-corrected chi connectivity index (χ3v) is 4.86. The summed E-state index contributed by atoms with van der Waals surface area (Å²) in [6.07, 6.45) is -3.77. The number of hydrogen-bond acceptors (Lipinski definition) is 6. The highest BCUT2D eigenvalue weighted by molar-refractivity contribution is 5.92. The van der Waals surface area contributed by atoms with Gasteiger partial charge < -0.3 is 10.1 Å². The maximum atomic E-state index is 12.9. The maximum Gasteiger partial charge on any atom is 0.453 e. The highest BCUT2D eigenvalue weighted by Crippen LogP contribution is 2.27. The van der Waals surface area contributed by atoms with Crippen LogP contribution in [0.15, 0.2) is 24.3 Å². The normalized spacial score (nSPS) is 11.6. The van der Waals surface area contributed by atoms with Crippen LogP contribution in [0, 0.1) is 13.8 Å². The quantitative estimate of drug-likeness (QED) is 0.555. The molecule has 8 nitrogen and oxygen atoms in total. The number of hydrogen-bond donors (Lipinski definition) is 1. The molecule has 0 bridgehead atoms. The molecule has 0 saturated carbocycles.